The van der Waals surface area contributed by atoms with E-state index in [1.807, 2.05) is 54.6 Å². The van der Waals surface area contributed by atoms with E-state index in [0.29, 0.717) is 23.3 Å². The molecule has 0 N–H and O–H groups in total. The van der Waals surface area contributed by atoms with Crippen molar-refractivity contribution in [1.82, 2.24) is 0 Å². The third-order valence-electron chi connectivity index (χ3n) is 4.47. The SMILES string of the molecule is O=Cc1ccc2c(c1)CCC(OC(=O)c1ccc3ccccc3c1)=C2. The fourth-order valence-electron chi connectivity index (χ4n) is 3.13. The van der Waals surface area contributed by atoms with E-state index in [2.05, 4.69) is 0 Å². The maximum absolute atomic E-state index is 12.5. The highest BCUT2D eigenvalue weighted by Crippen LogP contribution is 2.26. The number of hydrogen-bond donors (Lipinski definition) is 0. The molecule has 0 fully saturated rings. The standard InChI is InChI=1S/C22H16O3/c23-14-15-5-6-19-13-21(10-9-18(19)11-15)25-22(24)20-8-7-16-3-1-2-4-17(16)12-20/h1-8,11-14H,9-10H2. The maximum Gasteiger partial charge on any atom is 0.343 e. The van der Waals surface area contributed by atoms with Crippen molar-refractivity contribution >= 4 is 29.1 Å². The average molecular weight is 328 g/mol. The minimum absolute atomic E-state index is 0.343. The molecule has 0 bridgehead atoms. The first-order valence-electron chi connectivity index (χ1n) is 8.22. The minimum Gasteiger partial charge on any atom is -0.427 e. The molecular weight excluding hydrogens is 312 g/mol. The predicted molar refractivity (Wildman–Crippen MR) is 97.5 cm³/mol. The van der Waals surface area contributed by atoms with Gasteiger partial charge >= 0.3 is 5.97 Å². The largest absolute Gasteiger partial charge is 0.427 e. The Balaban J connectivity index is 1.57. The lowest BCUT2D eigenvalue weighted by atomic mass is 9.94. The number of carbonyl (C=O) groups is 2. The highest BCUT2D eigenvalue weighted by atomic mass is 16.5. The summed E-state index contributed by atoms with van der Waals surface area (Å²) in [5.41, 5.74) is 3.32. The van der Waals surface area contributed by atoms with Crippen LogP contribution in [0.2, 0.25) is 0 Å². The Labute approximate surface area is 145 Å². The summed E-state index contributed by atoms with van der Waals surface area (Å²) in [6.45, 7) is 0. The lowest BCUT2D eigenvalue weighted by molar-refractivity contribution is 0.0617. The molecule has 0 aliphatic heterocycles. The maximum atomic E-state index is 12.5. The molecule has 0 saturated carbocycles. The number of hydrogen-bond acceptors (Lipinski definition) is 3. The van der Waals surface area contributed by atoms with Crippen molar-refractivity contribution in [1.29, 1.82) is 0 Å². The minimum atomic E-state index is -0.343. The van der Waals surface area contributed by atoms with E-state index >= 15 is 0 Å². The van der Waals surface area contributed by atoms with Crippen LogP contribution >= 0.6 is 0 Å². The molecule has 4 rings (SSSR count). The summed E-state index contributed by atoms with van der Waals surface area (Å²) in [7, 11) is 0. The molecule has 1 aliphatic carbocycles. The molecular formula is C22H16O3. The summed E-state index contributed by atoms with van der Waals surface area (Å²) < 4.78 is 5.59. The Morgan fingerprint density at radius 3 is 2.60 bits per heavy atom. The van der Waals surface area contributed by atoms with Crippen LogP contribution in [0.25, 0.3) is 16.8 Å². The Morgan fingerprint density at radius 2 is 1.76 bits per heavy atom. The van der Waals surface area contributed by atoms with Crippen molar-refractivity contribution in [3.63, 3.8) is 0 Å². The van der Waals surface area contributed by atoms with Gasteiger partial charge in [0.05, 0.1) is 5.56 Å². The molecule has 3 aromatic rings. The van der Waals surface area contributed by atoms with Crippen LogP contribution in [-0.4, -0.2) is 12.3 Å². The van der Waals surface area contributed by atoms with Crippen LogP contribution < -0.4 is 0 Å². The van der Waals surface area contributed by atoms with E-state index in [1.165, 1.54) is 0 Å². The number of rotatable bonds is 3. The number of aryl methyl sites for hydroxylation is 1. The molecule has 0 radical (unpaired) electrons. The zero-order valence-corrected chi connectivity index (χ0v) is 13.6. The van der Waals surface area contributed by atoms with Gasteiger partial charge in [0.2, 0.25) is 0 Å². The molecule has 0 atom stereocenters. The summed E-state index contributed by atoms with van der Waals surface area (Å²) in [5.74, 6) is 0.314. The second-order valence-corrected chi connectivity index (χ2v) is 6.14. The van der Waals surface area contributed by atoms with Gasteiger partial charge in [-0.2, -0.15) is 0 Å². The first-order valence-corrected chi connectivity index (χ1v) is 8.22. The molecule has 25 heavy (non-hydrogen) atoms. The average Bonchev–Trinajstić information content (AvgIpc) is 2.67. The molecule has 0 aromatic heterocycles. The lowest BCUT2D eigenvalue weighted by Crippen LogP contribution is -2.09. The molecule has 122 valence electrons. The number of carbonyl (C=O) groups excluding carboxylic acids is 2. The van der Waals surface area contributed by atoms with Gasteiger partial charge in [-0.15, -0.1) is 0 Å². The topological polar surface area (TPSA) is 43.4 Å². The predicted octanol–water partition coefficient (Wildman–Crippen LogP) is 4.80. The van der Waals surface area contributed by atoms with Gasteiger partial charge in [0.15, 0.2) is 0 Å². The van der Waals surface area contributed by atoms with Crippen LogP contribution in [0, 0.1) is 0 Å². The highest BCUT2D eigenvalue weighted by Gasteiger charge is 2.16. The molecule has 1 aliphatic rings. The van der Waals surface area contributed by atoms with Crippen LogP contribution in [0.15, 0.2) is 66.4 Å². The number of benzene rings is 3. The van der Waals surface area contributed by atoms with E-state index < -0.39 is 0 Å². The molecule has 0 heterocycles. The third-order valence-corrected chi connectivity index (χ3v) is 4.47. The summed E-state index contributed by atoms with van der Waals surface area (Å²) in [6, 6.07) is 19.0. The first kappa shape index (κ1) is 15.3. The second kappa shape index (κ2) is 6.36. The molecule has 3 nitrogen and oxygen atoms in total. The second-order valence-electron chi connectivity index (χ2n) is 6.14. The number of aldehydes is 1. The van der Waals surface area contributed by atoms with Gasteiger partial charge in [0, 0.05) is 12.0 Å². The Morgan fingerprint density at radius 1 is 0.920 bits per heavy atom. The highest BCUT2D eigenvalue weighted by molar-refractivity contribution is 5.96. The van der Waals surface area contributed by atoms with Crippen LogP contribution in [0.4, 0.5) is 0 Å². The molecule has 0 unspecified atom stereocenters. The van der Waals surface area contributed by atoms with E-state index in [-0.39, 0.29) is 5.97 Å². The molecule has 3 aromatic carbocycles. The van der Waals surface area contributed by atoms with Gasteiger partial charge < -0.3 is 4.74 Å². The van der Waals surface area contributed by atoms with Crippen molar-refractivity contribution in [2.45, 2.75) is 12.8 Å². The van der Waals surface area contributed by atoms with Crippen LogP contribution in [0.5, 0.6) is 0 Å². The summed E-state index contributed by atoms with van der Waals surface area (Å²) in [5, 5.41) is 2.11. The van der Waals surface area contributed by atoms with E-state index in [1.54, 1.807) is 12.1 Å². The van der Waals surface area contributed by atoms with Crippen molar-refractivity contribution in [2.24, 2.45) is 0 Å². The zero-order chi connectivity index (χ0) is 17.2. The van der Waals surface area contributed by atoms with Gasteiger partial charge in [-0.3, -0.25) is 4.79 Å². The first-order chi connectivity index (χ1) is 12.2. The normalized spacial score (nSPS) is 13.0. The van der Waals surface area contributed by atoms with Crippen molar-refractivity contribution < 1.29 is 14.3 Å². The van der Waals surface area contributed by atoms with E-state index in [4.69, 9.17) is 4.74 Å². The number of fused-ring (bicyclic) bond motifs is 2. The summed E-state index contributed by atoms with van der Waals surface area (Å²) >= 11 is 0. The zero-order valence-electron chi connectivity index (χ0n) is 13.6. The third kappa shape index (κ3) is 3.09. The Kier molecular flexibility index (Phi) is 3.90. The van der Waals surface area contributed by atoms with Gasteiger partial charge in [-0.1, -0.05) is 42.5 Å². The van der Waals surface area contributed by atoms with Gasteiger partial charge in [0.1, 0.15) is 12.0 Å². The van der Waals surface area contributed by atoms with Crippen LogP contribution in [0.3, 0.4) is 0 Å². The van der Waals surface area contributed by atoms with Crippen LogP contribution in [0.1, 0.15) is 38.3 Å². The van der Waals surface area contributed by atoms with Gasteiger partial charge in [0.25, 0.3) is 0 Å². The van der Waals surface area contributed by atoms with E-state index in [9.17, 15) is 9.59 Å². The Bertz CT molecular complexity index is 1010. The summed E-state index contributed by atoms with van der Waals surface area (Å²) in [6.07, 6.45) is 4.13. The van der Waals surface area contributed by atoms with Crippen molar-refractivity contribution in [3.8, 4) is 0 Å². The number of ether oxygens (including phenoxy) is 1. The molecule has 0 saturated heterocycles. The van der Waals surface area contributed by atoms with Crippen LogP contribution in [-0.2, 0) is 11.2 Å². The Hall–Kier alpha value is -3.20. The molecule has 0 spiro atoms. The van der Waals surface area contributed by atoms with Crippen molar-refractivity contribution in [2.75, 3.05) is 0 Å². The monoisotopic (exact) mass is 328 g/mol. The lowest BCUT2D eigenvalue weighted by Gasteiger charge is -2.16. The fourth-order valence-corrected chi connectivity index (χ4v) is 3.13. The smallest absolute Gasteiger partial charge is 0.343 e. The van der Waals surface area contributed by atoms with Crippen molar-refractivity contribution in [3.05, 3.63) is 88.7 Å². The summed E-state index contributed by atoms with van der Waals surface area (Å²) in [4.78, 5) is 23.3. The van der Waals surface area contributed by atoms with E-state index in [0.717, 1.165) is 34.6 Å². The molecule has 3 heteroatoms. The quantitative estimate of drug-likeness (QED) is 0.512. The van der Waals surface area contributed by atoms with Gasteiger partial charge in [-0.05, 0) is 52.6 Å². The molecule has 0 amide bonds. The number of allylic oxidation sites excluding steroid dienone is 1. The fraction of sp³-hybridized carbons (Fsp3) is 0.0909. The number of esters is 1. The van der Waals surface area contributed by atoms with Gasteiger partial charge in [-0.25, -0.2) is 4.79 Å².